The van der Waals surface area contributed by atoms with Crippen LogP contribution >= 0.6 is 0 Å². The number of hydrogen-bond acceptors (Lipinski definition) is 4. The summed E-state index contributed by atoms with van der Waals surface area (Å²) < 4.78 is 30.4. The second kappa shape index (κ2) is 8.12. The first kappa shape index (κ1) is 18.2. The second-order valence-electron chi connectivity index (χ2n) is 5.43. The van der Waals surface area contributed by atoms with Crippen molar-refractivity contribution in [2.75, 3.05) is 12.4 Å². The van der Waals surface area contributed by atoms with Crippen LogP contribution < -0.4 is 10.0 Å². The molecule has 7 heteroatoms. The molecular formula is C17H22N2O4S. The number of unbranched alkanes of at least 4 members (excludes halogenated alkanes) is 2. The van der Waals surface area contributed by atoms with Gasteiger partial charge in [-0.15, -0.1) is 0 Å². The van der Waals surface area contributed by atoms with E-state index >= 15 is 0 Å². The van der Waals surface area contributed by atoms with Gasteiger partial charge in [0, 0.05) is 5.69 Å². The molecule has 0 atom stereocenters. The third-order valence-electron chi connectivity index (χ3n) is 3.62. The highest BCUT2D eigenvalue weighted by Crippen LogP contribution is 2.17. The van der Waals surface area contributed by atoms with Gasteiger partial charge in [0.25, 0.3) is 15.9 Å². The largest absolute Gasteiger partial charge is 0.438 e. The van der Waals surface area contributed by atoms with E-state index < -0.39 is 15.9 Å². The summed E-state index contributed by atoms with van der Waals surface area (Å²) >= 11 is 0. The molecule has 0 aliphatic carbocycles. The van der Waals surface area contributed by atoms with E-state index in [1.807, 2.05) is 24.3 Å². The van der Waals surface area contributed by atoms with Gasteiger partial charge in [0.2, 0.25) is 5.09 Å². The highest BCUT2D eigenvalue weighted by Gasteiger charge is 2.19. The molecule has 2 rings (SSSR count). The third kappa shape index (κ3) is 4.69. The third-order valence-corrected chi connectivity index (χ3v) is 4.91. The van der Waals surface area contributed by atoms with E-state index in [2.05, 4.69) is 17.0 Å². The van der Waals surface area contributed by atoms with Gasteiger partial charge in [-0.25, -0.2) is 13.1 Å². The molecule has 0 radical (unpaired) electrons. The van der Waals surface area contributed by atoms with Crippen molar-refractivity contribution in [3.63, 3.8) is 0 Å². The molecule has 1 amide bonds. The van der Waals surface area contributed by atoms with Gasteiger partial charge >= 0.3 is 0 Å². The van der Waals surface area contributed by atoms with Crippen LogP contribution in [0, 0.1) is 0 Å². The van der Waals surface area contributed by atoms with Gasteiger partial charge in [0.05, 0.1) is 0 Å². The van der Waals surface area contributed by atoms with Gasteiger partial charge in [-0.2, -0.15) is 0 Å². The summed E-state index contributed by atoms with van der Waals surface area (Å²) in [6.07, 6.45) is 4.56. The lowest BCUT2D eigenvalue weighted by molar-refractivity contribution is 0.0991. The van der Waals surface area contributed by atoms with E-state index in [0.29, 0.717) is 5.69 Å². The Morgan fingerprint density at radius 3 is 2.42 bits per heavy atom. The van der Waals surface area contributed by atoms with Crippen LogP contribution in [0.1, 0.15) is 42.3 Å². The number of carbonyl (C=O) groups is 1. The fraction of sp³-hybridized carbons (Fsp3) is 0.353. The maximum absolute atomic E-state index is 12.1. The van der Waals surface area contributed by atoms with Crippen LogP contribution in [0.5, 0.6) is 0 Å². The summed E-state index contributed by atoms with van der Waals surface area (Å²) in [5.41, 5.74) is 1.86. The molecule has 1 aromatic heterocycles. The zero-order valence-corrected chi connectivity index (χ0v) is 14.7. The molecule has 6 nitrogen and oxygen atoms in total. The van der Waals surface area contributed by atoms with Gasteiger partial charge in [0.1, 0.15) is 0 Å². The van der Waals surface area contributed by atoms with Gasteiger partial charge in [-0.1, -0.05) is 31.9 Å². The zero-order chi connectivity index (χ0) is 17.6. The van der Waals surface area contributed by atoms with Crippen molar-refractivity contribution in [3.8, 4) is 0 Å². The second-order valence-corrected chi connectivity index (χ2v) is 7.25. The Balaban J connectivity index is 1.99. The summed E-state index contributed by atoms with van der Waals surface area (Å²) in [6, 6.07) is 10.2. The molecule has 0 unspecified atom stereocenters. The fourth-order valence-corrected chi connectivity index (χ4v) is 2.86. The number of carbonyl (C=O) groups excluding carboxylic acids is 1. The zero-order valence-electron chi connectivity index (χ0n) is 13.8. The Bertz CT molecular complexity index is 779. The lowest BCUT2D eigenvalue weighted by Crippen LogP contribution is -2.18. The van der Waals surface area contributed by atoms with Crippen molar-refractivity contribution in [2.24, 2.45) is 0 Å². The summed E-state index contributed by atoms with van der Waals surface area (Å²) in [6.45, 7) is 2.17. The number of sulfonamides is 1. The first-order valence-corrected chi connectivity index (χ1v) is 9.38. The van der Waals surface area contributed by atoms with Gasteiger partial charge < -0.3 is 9.73 Å². The number of amides is 1. The minimum Gasteiger partial charge on any atom is -0.438 e. The lowest BCUT2D eigenvalue weighted by Gasteiger charge is -2.05. The molecular weight excluding hydrogens is 328 g/mol. The molecule has 2 N–H and O–H groups in total. The van der Waals surface area contributed by atoms with Crippen molar-refractivity contribution in [1.29, 1.82) is 0 Å². The highest BCUT2D eigenvalue weighted by molar-refractivity contribution is 7.89. The van der Waals surface area contributed by atoms with E-state index in [9.17, 15) is 13.2 Å². The van der Waals surface area contributed by atoms with Gasteiger partial charge in [-0.05, 0) is 49.7 Å². The number of aryl methyl sites for hydroxylation is 1. The molecule has 0 spiro atoms. The van der Waals surface area contributed by atoms with Crippen LogP contribution in [-0.2, 0) is 16.4 Å². The number of furan rings is 1. The van der Waals surface area contributed by atoms with E-state index in [1.165, 1.54) is 37.6 Å². The average Bonchev–Trinajstić information content (AvgIpc) is 3.08. The number of hydrogen-bond donors (Lipinski definition) is 2. The molecule has 130 valence electrons. The van der Waals surface area contributed by atoms with Crippen LogP contribution in [0.4, 0.5) is 5.69 Å². The Morgan fingerprint density at radius 1 is 1.08 bits per heavy atom. The lowest BCUT2D eigenvalue weighted by atomic mass is 10.1. The molecule has 1 heterocycles. The molecule has 0 bridgehead atoms. The van der Waals surface area contributed by atoms with E-state index in [-0.39, 0.29) is 10.9 Å². The summed E-state index contributed by atoms with van der Waals surface area (Å²) in [7, 11) is -2.42. The van der Waals surface area contributed by atoms with Crippen LogP contribution in [0.25, 0.3) is 0 Å². The minimum atomic E-state index is -3.70. The molecule has 0 saturated carbocycles. The van der Waals surface area contributed by atoms with Crippen LogP contribution in [0.3, 0.4) is 0 Å². The van der Waals surface area contributed by atoms with Crippen LogP contribution in [-0.4, -0.2) is 21.4 Å². The summed E-state index contributed by atoms with van der Waals surface area (Å²) in [4.78, 5) is 12.1. The van der Waals surface area contributed by atoms with Gasteiger partial charge in [-0.3, -0.25) is 4.79 Å². The molecule has 2 aromatic rings. The molecule has 0 aliphatic heterocycles. The molecule has 1 aromatic carbocycles. The monoisotopic (exact) mass is 350 g/mol. The Hall–Kier alpha value is -2.12. The number of benzene rings is 1. The number of anilines is 1. The summed E-state index contributed by atoms with van der Waals surface area (Å²) in [5, 5.41) is 2.40. The van der Waals surface area contributed by atoms with Crippen LogP contribution in [0.2, 0.25) is 0 Å². The number of rotatable bonds is 8. The molecule has 0 aliphatic rings. The van der Waals surface area contributed by atoms with E-state index in [4.69, 9.17) is 4.42 Å². The normalized spacial score (nSPS) is 11.4. The first-order valence-electron chi connectivity index (χ1n) is 7.90. The minimum absolute atomic E-state index is 0.0594. The smallest absolute Gasteiger partial charge is 0.291 e. The predicted molar refractivity (Wildman–Crippen MR) is 92.6 cm³/mol. The maximum Gasteiger partial charge on any atom is 0.291 e. The summed E-state index contributed by atoms with van der Waals surface area (Å²) in [5.74, 6) is -0.554. The fourth-order valence-electron chi connectivity index (χ4n) is 2.21. The van der Waals surface area contributed by atoms with Crippen molar-refractivity contribution >= 4 is 21.6 Å². The van der Waals surface area contributed by atoms with Crippen molar-refractivity contribution < 1.29 is 17.6 Å². The van der Waals surface area contributed by atoms with E-state index in [1.54, 1.807) is 0 Å². The Labute approximate surface area is 142 Å². The topological polar surface area (TPSA) is 88.4 Å². The van der Waals surface area contributed by atoms with E-state index in [0.717, 1.165) is 12.8 Å². The van der Waals surface area contributed by atoms with Crippen LogP contribution in [0.15, 0.2) is 45.9 Å². The number of nitrogens with one attached hydrogen (secondary N) is 2. The Kier molecular flexibility index (Phi) is 6.16. The predicted octanol–water partition coefficient (Wildman–Crippen LogP) is 3.17. The molecule has 0 fully saturated rings. The Morgan fingerprint density at radius 2 is 1.79 bits per heavy atom. The van der Waals surface area contributed by atoms with Crippen molar-refractivity contribution in [3.05, 3.63) is 47.7 Å². The van der Waals surface area contributed by atoms with Crippen molar-refractivity contribution in [1.82, 2.24) is 4.72 Å². The standard InChI is InChI=1S/C17H22N2O4S/c1-3-4-5-6-13-7-9-14(10-8-13)19-17(20)15-11-12-16(23-15)24(21,22)18-2/h7-12,18H,3-6H2,1-2H3,(H,19,20). The SMILES string of the molecule is CCCCCc1ccc(NC(=O)c2ccc(S(=O)(=O)NC)o2)cc1. The maximum atomic E-state index is 12.1. The highest BCUT2D eigenvalue weighted by atomic mass is 32.2. The molecule has 24 heavy (non-hydrogen) atoms. The quantitative estimate of drug-likeness (QED) is 0.716. The first-order chi connectivity index (χ1) is 11.5. The molecule has 0 saturated heterocycles. The van der Waals surface area contributed by atoms with Crippen molar-refractivity contribution in [2.45, 2.75) is 37.7 Å². The van der Waals surface area contributed by atoms with Gasteiger partial charge in [0.15, 0.2) is 5.76 Å². The average molecular weight is 350 g/mol.